The number of rotatable bonds is 7. The van der Waals surface area contributed by atoms with Gasteiger partial charge in [-0.1, -0.05) is 0 Å². The predicted octanol–water partition coefficient (Wildman–Crippen LogP) is 1.56. The standard InChI is InChI=1S/C21H30N6O2/c1-28-19-4-2-18(3-5-19)26-10-12-27(13-11-26)21-23-7-6-20(24-21)22-8-9-25-14-16-29-17-15-25/h2-7H,8-17H2,1H3,(H,22,23,24). The van der Waals surface area contributed by atoms with Crippen molar-refractivity contribution >= 4 is 17.5 Å². The van der Waals surface area contributed by atoms with Gasteiger partial charge in [-0.2, -0.15) is 4.98 Å². The molecule has 0 saturated carbocycles. The van der Waals surface area contributed by atoms with E-state index in [9.17, 15) is 0 Å². The quantitative estimate of drug-likeness (QED) is 0.754. The molecular weight excluding hydrogens is 368 g/mol. The van der Waals surface area contributed by atoms with Gasteiger partial charge in [-0.25, -0.2) is 4.98 Å². The minimum atomic E-state index is 0.802. The van der Waals surface area contributed by atoms with E-state index < -0.39 is 0 Å². The Bertz CT molecular complexity index is 758. The average molecular weight is 399 g/mol. The molecule has 2 fully saturated rings. The maximum absolute atomic E-state index is 5.40. The zero-order valence-corrected chi connectivity index (χ0v) is 17.1. The van der Waals surface area contributed by atoms with Crippen LogP contribution in [-0.2, 0) is 4.74 Å². The fourth-order valence-electron chi connectivity index (χ4n) is 3.72. The zero-order valence-electron chi connectivity index (χ0n) is 17.1. The molecule has 4 rings (SSSR count). The molecule has 29 heavy (non-hydrogen) atoms. The van der Waals surface area contributed by atoms with Crippen molar-refractivity contribution < 1.29 is 9.47 Å². The Labute approximate surface area is 172 Å². The number of benzene rings is 1. The molecule has 3 heterocycles. The molecule has 1 aromatic heterocycles. The van der Waals surface area contributed by atoms with E-state index in [2.05, 4.69) is 37.1 Å². The summed E-state index contributed by atoms with van der Waals surface area (Å²) >= 11 is 0. The number of hydrogen-bond acceptors (Lipinski definition) is 8. The van der Waals surface area contributed by atoms with Crippen molar-refractivity contribution in [3.63, 3.8) is 0 Å². The number of nitrogens with one attached hydrogen (secondary N) is 1. The second-order valence-electron chi connectivity index (χ2n) is 7.29. The minimum absolute atomic E-state index is 0.802. The summed E-state index contributed by atoms with van der Waals surface area (Å²) in [5.41, 5.74) is 1.23. The van der Waals surface area contributed by atoms with Gasteiger partial charge in [0.05, 0.1) is 20.3 Å². The molecule has 1 aromatic carbocycles. The molecule has 2 aliphatic rings. The fraction of sp³-hybridized carbons (Fsp3) is 0.524. The molecule has 0 bridgehead atoms. The van der Waals surface area contributed by atoms with E-state index >= 15 is 0 Å². The molecule has 0 atom stereocenters. The molecule has 0 amide bonds. The first-order chi connectivity index (χ1) is 14.3. The second-order valence-corrected chi connectivity index (χ2v) is 7.29. The first-order valence-corrected chi connectivity index (χ1v) is 10.3. The van der Waals surface area contributed by atoms with Gasteiger partial charge in [0.1, 0.15) is 11.6 Å². The van der Waals surface area contributed by atoms with Crippen molar-refractivity contribution in [3.8, 4) is 5.75 Å². The molecule has 0 radical (unpaired) electrons. The van der Waals surface area contributed by atoms with Gasteiger partial charge in [-0.3, -0.25) is 4.90 Å². The Balaban J connectivity index is 1.27. The second kappa shape index (κ2) is 9.76. The number of piperazine rings is 1. The topological polar surface area (TPSA) is 66.0 Å². The summed E-state index contributed by atoms with van der Waals surface area (Å²) in [6, 6.07) is 10.2. The molecule has 8 nitrogen and oxygen atoms in total. The van der Waals surface area contributed by atoms with E-state index in [-0.39, 0.29) is 0 Å². The third-order valence-electron chi connectivity index (χ3n) is 5.48. The smallest absolute Gasteiger partial charge is 0.227 e. The highest BCUT2D eigenvalue weighted by atomic mass is 16.5. The maximum Gasteiger partial charge on any atom is 0.227 e. The Morgan fingerprint density at radius 3 is 2.41 bits per heavy atom. The summed E-state index contributed by atoms with van der Waals surface area (Å²) < 4.78 is 10.6. The normalized spacial score (nSPS) is 18.0. The van der Waals surface area contributed by atoms with E-state index in [4.69, 9.17) is 14.5 Å². The van der Waals surface area contributed by atoms with E-state index in [0.717, 1.165) is 83.1 Å². The van der Waals surface area contributed by atoms with Crippen LogP contribution in [0.1, 0.15) is 0 Å². The molecule has 0 spiro atoms. The molecule has 0 unspecified atom stereocenters. The molecule has 1 N–H and O–H groups in total. The zero-order chi connectivity index (χ0) is 19.9. The maximum atomic E-state index is 5.40. The van der Waals surface area contributed by atoms with Crippen LogP contribution in [0, 0.1) is 0 Å². The Morgan fingerprint density at radius 2 is 1.69 bits per heavy atom. The van der Waals surface area contributed by atoms with Gasteiger partial charge in [-0.05, 0) is 30.3 Å². The van der Waals surface area contributed by atoms with Crippen molar-refractivity contribution in [1.29, 1.82) is 0 Å². The molecule has 156 valence electrons. The van der Waals surface area contributed by atoms with Crippen LogP contribution >= 0.6 is 0 Å². The Kier molecular flexibility index (Phi) is 6.63. The Morgan fingerprint density at radius 1 is 0.966 bits per heavy atom. The SMILES string of the molecule is COc1ccc(N2CCN(c3nccc(NCCN4CCOCC4)n3)CC2)cc1. The van der Waals surface area contributed by atoms with Crippen molar-refractivity contribution in [2.24, 2.45) is 0 Å². The number of aromatic nitrogens is 2. The lowest BCUT2D eigenvalue weighted by Gasteiger charge is -2.36. The lowest BCUT2D eigenvalue weighted by atomic mass is 10.2. The van der Waals surface area contributed by atoms with E-state index in [1.807, 2.05) is 24.4 Å². The number of morpholine rings is 1. The largest absolute Gasteiger partial charge is 0.497 e. The van der Waals surface area contributed by atoms with Crippen molar-refractivity contribution in [2.75, 3.05) is 87.8 Å². The average Bonchev–Trinajstić information content (AvgIpc) is 2.80. The van der Waals surface area contributed by atoms with Crippen molar-refractivity contribution in [1.82, 2.24) is 14.9 Å². The van der Waals surface area contributed by atoms with Crippen LogP contribution in [0.3, 0.4) is 0 Å². The van der Waals surface area contributed by atoms with Gasteiger partial charge in [-0.15, -0.1) is 0 Å². The van der Waals surface area contributed by atoms with E-state index in [1.165, 1.54) is 5.69 Å². The summed E-state index contributed by atoms with van der Waals surface area (Å²) in [6.45, 7) is 9.27. The molecule has 8 heteroatoms. The van der Waals surface area contributed by atoms with Crippen LogP contribution in [0.25, 0.3) is 0 Å². The van der Waals surface area contributed by atoms with Gasteiger partial charge in [0.2, 0.25) is 5.95 Å². The lowest BCUT2D eigenvalue weighted by molar-refractivity contribution is 0.0398. The van der Waals surface area contributed by atoms with Gasteiger partial charge < -0.3 is 24.6 Å². The summed E-state index contributed by atoms with van der Waals surface area (Å²) in [5.74, 6) is 2.58. The third-order valence-corrected chi connectivity index (χ3v) is 5.48. The number of methoxy groups -OCH3 is 1. The highest BCUT2D eigenvalue weighted by molar-refractivity contribution is 5.51. The third kappa shape index (κ3) is 5.27. The van der Waals surface area contributed by atoms with Crippen LogP contribution in [0.2, 0.25) is 0 Å². The molecule has 2 aliphatic heterocycles. The highest BCUT2D eigenvalue weighted by Crippen LogP contribution is 2.21. The Hall–Kier alpha value is -2.58. The summed E-state index contributed by atoms with van der Waals surface area (Å²) in [4.78, 5) is 16.3. The van der Waals surface area contributed by atoms with Crippen molar-refractivity contribution in [2.45, 2.75) is 0 Å². The monoisotopic (exact) mass is 398 g/mol. The van der Waals surface area contributed by atoms with Gasteiger partial charge in [0.25, 0.3) is 0 Å². The fourth-order valence-corrected chi connectivity index (χ4v) is 3.72. The summed E-state index contributed by atoms with van der Waals surface area (Å²) in [5, 5.41) is 3.43. The molecule has 0 aliphatic carbocycles. The first kappa shape index (κ1) is 19.7. The predicted molar refractivity (Wildman–Crippen MR) is 115 cm³/mol. The van der Waals surface area contributed by atoms with Gasteiger partial charge >= 0.3 is 0 Å². The number of ether oxygens (including phenoxy) is 2. The number of nitrogens with zero attached hydrogens (tertiary/aromatic N) is 5. The number of hydrogen-bond donors (Lipinski definition) is 1. The van der Waals surface area contributed by atoms with Crippen LogP contribution < -0.4 is 19.9 Å². The number of anilines is 3. The highest BCUT2D eigenvalue weighted by Gasteiger charge is 2.19. The van der Waals surface area contributed by atoms with Crippen LogP contribution in [0.5, 0.6) is 5.75 Å². The summed E-state index contributed by atoms with van der Waals surface area (Å²) in [7, 11) is 1.69. The van der Waals surface area contributed by atoms with Crippen LogP contribution in [0.4, 0.5) is 17.5 Å². The van der Waals surface area contributed by atoms with Gasteiger partial charge in [0, 0.05) is 64.2 Å². The molecule has 2 saturated heterocycles. The molecule has 2 aromatic rings. The van der Waals surface area contributed by atoms with E-state index in [1.54, 1.807) is 7.11 Å². The van der Waals surface area contributed by atoms with Crippen LogP contribution in [0.15, 0.2) is 36.5 Å². The van der Waals surface area contributed by atoms with Gasteiger partial charge in [0.15, 0.2) is 0 Å². The molecular formula is C21H30N6O2. The van der Waals surface area contributed by atoms with E-state index in [0.29, 0.717) is 0 Å². The summed E-state index contributed by atoms with van der Waals surface area (Å²) in [6.07, 6.45) is 1.84. The first-order valence-electron chi connectivity index (χ1n) is 10.3. The van der Waals surface area contributed by atoms with Crippen LogP contribution in [-0.4, -0.2) is 87.5 Å². The van der Waals surface area contributed by atoms with Crippen molar-refractivity contribution in [3.05, 3.63) is 36.5 Å². The lowest BCUT2D eigenvalue weighted by Crippen LogP contribution is -2.47. The minimum Gasteiger partial charge on any atom is -0.497 e.